The van der Waals surface area contributed by atoms with Crippen molar-refractivity contribution in [1.29, 1.82) is 0 Å². The molecule has 0 aliphatic carbocycles. The molecule has 1 aliphatic rings. The van der Waals surface area contributed by atoms with Gasteiger partial charge in [0.25, 0.3) is 0 Å². The first-order valence-corrected chi connectivity index (χ1v) is 5.59. The Labute approximate surface area is 94.2 Å². The van der Waals surface area contributed by atoms with Gasteiger partial charge in [-0.25, -0.2) is 4.79 Å². The van der Waals surface area contributed by atoms with E-state index in [4.69, 9.17) is 5.73 Å². The van der Waals surface area contributed by atoms with Gasteiger partial charge >= 0.3 is 6.03 Å². The number of carbonyl (C=O) groups excluding carboxylic acids is 1. The maximum Gasteiger partial charge on any atom is 0.323 e. The van der Waals surface area contributed by atoms with Crippen LogP contribution in [0.2, 0.25) is 0 Å². The smallest absolute Gasteiger partial charge is 0.323 e. The Bertz CT molecular complexity index is 356. The molecule has 0 unspecified atom stereocenters. The fourth-order valence-corrected chi connectivity index (χ4v) is 1.86. The number of piperidine rings is 1. The molecule has 1 aromatic heterocycles. The molecule has 6 heteroatoms. The van der Waals surface area contributed by atoms with Gasteiger partial charge < -0.3 is 10.6 Å². The van der Waals surface area contributed by atoms with Crippen LogP contribution in [0.4, 0.5) is 10.6 Å². The lowest BCUT2D eigenvalue weighted by molar-refractivity contribution is 0.200. The quantitative estimate of drug-likeness (QED) is 0.695. The molecule has 0 saturated carbocycles. The maximum absolute atomic E-state index is 11.9. The van der Waals surface area contributed by atoms with Crippen molar-refractivity contribution in [3.05, 3.63) is 11.8 Å². The van der Waals surface area contributed by atoms with Gasteiger partial charge in [-0.15, -0.1) is 0 Å². The summed E-state index contributed by atoms with van der Waals surface area (Å²) in [5.74, 6) is 0.609. The number of carbonyl (C=O) groups is 1. The number of aromatic amines is 1. The van der Waals surface area contributed by atoms with Crippen molar-refractivity contribution in [1.82, 2.24) is 15.1 Å². The number of H-pyrrole nitrogens is 1. The summed E-state index contributed by atoms with van der Waals surface area (Å²) in [5, 5.41) is 9.39. The van der Waals surface area contributed by atoms with Gasteiger partial charge in [0.2, 0.25) is 0 Å². The third-order valence-corrected chi connectivity index (χ3v) is 2.81. The second-order valence-corrected chi connectivity index (χ2v) is 3.95. The average molecular weight is 223 g/mol. The fourth-order valence-electron chi connectivity index (χ4n) is 1.86. The van der Waals surface area contributed by atoms with Crippen molar-refractivity contribution in [2.45, 2.75) is 25.8 Å². The van der Waals surface area contributed by atoms with E-state index < -0.39 is 0 Å². The lowest BCUT2D eigenvalue weighted by Crippen LogP contribution is -2.39. The molecular formula is C10H17N5O. The molecular weight excluding hydrogens is 206 g/mol. The minimum atomic E-state index is -0.0707. The van der Waals surface area contributed by atoms with Crippen LogP contribution < -0.4 is 11.1 Å². The molecule has 0 bridgehead atoms. The van der Waals surface area contributed by atoms with Crippen LogP contribution in [-0.4, -0.2) is 34.2 Å². The molecule has 6 nitrogen and oxygen atoms in total. The van der Waals surface area contributed by atoms with Crippen LogP contribution in [0.3, 0.4) is 0 Å². The monoisotopic (exact) mass is 223 g/mol. The molecule has 1 aromatic rings. The molecule has 0 atom stereocenters. The molecule has 1 saturated heterocycles. The number of aromatic nitrogens is 2. The normalized spacial score (nSPS) is 16.2. The maximum atomic E-state index is 11.9. The Hall–Kier alpha value is -1.56. The van der Waals surface area contributed by atoms with Gasteiger partial charge in [0.1, 0.15) is 5.82 Å². The van der Waals surface area contributed by atoms with Crippen LogP contribution in [0.25, 0.3) is 0 Å². The zero-order valence-corrected chi connectivity index (χ0v) is 9.20. The van der Waals surface area contributed by atoms with Crippen molar-refractivity contribution in [3.63, 3.8) is 0 Å². The molecule has 1 aliphatic heterocycles. The van der Waals surface area contributed by atoms with Crippen molar-refractivity contribution in [3.8, 4) is 0 Å². The van der Waals surface area contributed by atoms with E-state index >= 15 is 0 Å². The summed E-state index contributed by atoms with van der Waals surface area (Å²) in [4.78, 5) is 13.7. The Morgan fingerprint density at radius 2 is 2.25 bits per heavy atom. The van der Waals surface area contributed by atoms with E-state index in [0.717, 1.165) is 31.5 Å². The summed E-state index contributed by atoms with van der Waals surface area (Å²) in [6.45, 7) is 2.03. The van der Waals surface area contributed by atoms with Crippen LogP contribution >= 0.6 is 0 Å². The molecule has 88 valence electrons. The highest BCUT2D eigenvalue weighted by molar-refractivity contribution is 5.89. The van der Waals surface area contributed by atoms with E-state index in [0.29, 0.717) is 12.4 Å². The highest BCUT2D eigenvalue weighted by atomic mass is 16.2. The molecule has 0 spiro atoms. The van der Waals surface area contributed by atoms with E-state index in [1.807, 2.05) is 4.90 Å². The molecule has 2 heterocycles. The van der Waals surface area contributed by atoms with Gasteiger partial charge in [-0.05, 0) is 19.3 Å². The molecule has 1 fully saturated rings. The molecule has 2 rings (SSSR count). The number of amides is 2. The summed E-state index contributed by atoms with van der Waals surface area (Å²) < 4.78 is 0. The summed E-state index contributed by atoms with van der Waals surface area (Å²) in [6.07, 6.45) is 5.01. The van der Waals surface area contributed by atoms with Gasteiger partial charge in [-0.2, -0.15) is 5.10 Å². The molecule has 0 aromatic carbocycles. The number of nitrogens with one attached hydrogen (secondary N) is 2. The Morgan fingerprint density at radius 3 is 2.94 bits per heavy atom. The number of rotatable bonds is 2. The van der Waals surface area contributed by atoms with Crippen molar-refractivity contribution < 1.29 is 4.79 Å². The first kappa shape index (κ1) is 10.9. The van der Waals surface area contributed by atoms with E-state index in [1.54, 1.807) is 6.20 Å². The summed E-state index contributed by atoms with van der Waals surface area (Å²) in [5.41, 5.74) is 6.35. The predicted octanol–water partition coefficient (Wildman–Crippen LogP) is 0.886. The third-order valence-electron chi connectivity index (χ3n) is 2.81. The van der Waals surface area contributed by atoms with Crippen LogP contribution in [-0.2, 0) is 6.54 Å². The molecule has 0 radical (unpaired) electrons. The SMILES string of the molecule is NCc1cn[nH]c1NC(=O)N1CCCCC1. The van der Waals surface area contributed by atoms with E-state index in [1.165, 1.54) is 6.42 Å². The zero-order valence-electron chi connectivity index (χ0n) is 9.20. The highest BCUT2D eigenvalue weighted by Gasteiger charge is 2.17. The highest BCUT2D eigenvalue weighted by Crippen LogP contribution is 2.13. The lowest BCUT2D eigenvalue weighted by Gasteiger charge is -2.26. The van der Waals surface area contributed by atoms with Gasteiger partial charge in [-0.1, -0.05) is 0 Å². The third kappa shape index (κ3) is 2.33. The minimum Gasteiger partial charge on any atom is -0.326 e. The standard InChI is InChI=1S/C10H17N5O/c11-6-8-7-12-14-9(8)13-10(16)15-4-2-1-3-5-15/h7H,1-6,11H2,(H2,12,13,14,16). The van der Waals surface area contributed by atoms with Gasteiger partial charge in [0.05, 0.1) is 6.20 Å². The average Bonchev–Trinajstić information content (AvgIpc) is 2.77. The Morgan fingerprint density at radius 1 is 1.50 bits per heavy atom. The van der Waals surface area contributed by atoms with E-state index in [9.17, 15) is 4.79 Å². The lowest BCUT2D eigenvalue weighted by atomic mass is 10.1. The Kier molecular flexibility index (Phi) is 3.40. The summed E-state index contributed by atoms with van der Waals surface area (Å²) >= 11 is 0. The number of nitrogens with zero attached hydrogens (tertiary/aromatic N) is 2. The van der Waals surface area contributed by atoms with Crippen LogP contribution in [0.1, 0.15) is 24.8 Å². The second-order valence-electron chi connectivity index (χ2n) is 3.95. The number of likely N-dealkylation sites (tertiary alicyclic amines) is 1. The van der Waals surface area contributed by atoms with E-state index in [-0.39, 0.29) is 6.03 Å². The fraction of sp³-hybridized carbons (Fsp3) is 0.600. The van der Waals surface area contributed by atoms with Gasteiger partial charge in [0.15, 0.2) is 0 Å². The van der Waals surface area contributed by atoms with E-state index in [2.05, 4.69) is 15.5 Å². The largest absolute Gasteiger partial charge is 0.326 e. The Balaban J connectivity index is 1.95. The van der Waals surface area contributed by atoms with Crippen LogP contribution in [0, 0.1) is 0 Å². The number of hydrogen-bond acceptors (Lipinski definition) is 3. The van der Waals surface area contributed by atoms with Crippen LogP contribution in [0.15, 0.2) is 6.20 Å². The van der Waals surface area contributed by atoms with Crippen molar-refractivity contribution in [2.75, 3.05) is 18.4 Å². The minimum absolute atomic E-state index is 0.0707. The zero-order chi connectivity index (χ0) is 11.4. The number of hydrogen-bond donors (Lipinski definition) is 3. The summed E-state index contributed by atoms with van der Waals surface area (Å²) in [7, 11) is 0. The molecule has 2 amide bonds. The van der Waals surface area contributed by atoms with Gasteiger partial charge in [0, 0.05) is 25.2 Å². The van der Waals surface area contributed by atoms with Gasteiger partial charge in [-0.3, -0.25) is 10.4 Å². The second kappa shape index (κ2) is 4.98. The van der Waals surface area contributed by atoms with Crippen molar-refractivity contribution >= 4 is 11.8 Å². The number of urea groups is 1. The van der Waals surface area contributed by atoms with Crippen molar-refractivity contribution in [2.24, 2.45) is 5.73 Å². The topological polar surface area (TPSA) is 87.0 Å². The molecule has 16 heavy (non-hydrogen) atoms. The molecule has 4 N–H and O–H groups in total. The predicted molar refractivity (Wildman–Crippen MR) is 60.9 cm³/mol. The van der Waals surface area contributed by atoms with Crippen LogP contribution in [0.5, 0.6) is 0 Å². The first-order chi connectivity index (χ1) is 7.81. The number of anilines is 1. The number of nitrogens with two attached hydrogens (primary N) is 1. The first-order valence-electron chi connectivity index (χ1n) is 5.59. The summed E-state index contributed by atoms with van der Waals surface area (Å²) in [6, 6.07) is -0.0707.